The SMILES string of the molecule is CN(Cc1ccc(F)cc1)C(=O)Cn1c(=O)ccn(C2CCCC2)c1=O. The molecule has 0 bridgehead atoms. The third-order valence-electron chi connectivity index (χ3n) is 4.87. The maximum atomic E-state index is 13.0. The molecular formula is C19H22FN3O3. The molecule has 1 aliphatic rings. The van der Waals surface area contributed by atoms with Crippen LogP contribution >= 0.6 is 0 Å². The smallest absolute Gasteiger partial charge is 0.331 e. The first kappa shape index (κ1) is 18.1. The van der Waals surface area contributed by atoms with Crippen LogP contribution in [0.1, 0.15) is 37.3 Å². The number of halogens is 1. The van der Waals surface area contributed by atoms with Gasteiger partial charge < -0.3 is 4.90 Å². The van der Waals surface area contributed by atoms with Gasteiger partial charge in [0.05, 0.1) is 0 Å². The van der Waals surface area contributed by atoms with Crippen molar-refractivity contribution >= 4 is 5.91 Å². The van der Waals surface area contributed by atoms with Crippen molar-refractivity contribution in [3.05, 3.63) is 68.7 Å². The molecule has 1 aliphatic carbocycles. The zero-order chi connectivity index (χ0) is 18.7. The van der Waals surface area contributed by atoms with E-state index in [0.29, 0.717) is 0 Å². The molecule has 3 rings (SSSR count). The third-order valence-corrected chi connectivity index (χ3v) is 4.87. The zero-order valence-corrected chi connectivity index (χ0v) is 14.7. The van der Waals surface area contributed by atoms with Gasteiger partial charge in [-0.3, -0.25) is 18.7 Å². The molecule has 0 N–H and O–H groups in total. The molecule has 1 fully saturated rings. The van der Waals surface area contributed by atoms with E-state index < -0.39 is 11.2 Å². The highest BCUT2D eigenvalue weighted by Gasteiger charge is 2.20. The summed E-state index contributed by atoms with van der Waals surface area (Å²) >= 11 is 0. The largest absolute Gasteiger partial charge is 0.340 e. The molecule has 1 saturated carbocycles. The lowest BCUT2D eigenvalue weighted by atomic mass is 10.2. The van der Waals surface area contributed by atoms with E-state index in [-0.39, 0.29) is 30.9 Å². The Kier molecular flexibility index (Phi) is 5.35. The van der Waals surface area contributed by atoms with Gasteiger partial charge in [-0.1, -0.05) is 25.0 Å². The van der Waals surface area contributed by atoms with Crippen LogP contribution in [0.2, 0.25) is 0 Å². The van der Waals surface area contributed by atoms with Gasteiger partial charge in [0.15, 0.2) is 0 Å². The fourth-order valence-electron chi connectivity index (χ4n) is 3.35. The minimum Gasteiger partial charge on any atom is -0.340 e. The molecule has 1 amide bonds. The van der Waals surface area contributed by atoms with Crippen molar-refractivity contribution < 1.29 is 9.18 Å². The van der Waals surface area contributed by atoms with Crippen LogP contribution in [0.5, 0.6) is 0 Å². The van der Waals surface area contributed by atoms with Crippen molar-refractivity contribution in [1.82, 2.24) is 14.0 Å². The second-order valence-corrected chi connectivity index (χ2v) is 6.74. The van der Waals surface area contributed by atoms with E-state index in [9.17, 15) is 18.8 Å². The van der Waals surface area contributed by atoms with E-state index in [4.69, 9.17) is 0 Å². The summed E-state index contributed by atoms with van der Waals surface area (Å²) < 4.78 is 15.5. The molecule has 0 unspecified atom stereocenters. The number of nitrogens with zero attached hydrogens (tertiary/aromatic N) is 3. The molecule has 26 heavy (non-hydrogen) atoms. The van der Waals surface area contributed by atoms with Gasteiger partial charge in [-0.15, -0.1) is 0 Å². The minimum absolute atomic E-state index is 0.0985. The highest BCUT2D eigenvalue weighted by molar-refractivity contribution is 5.75. The highest BCUT2D eigenvalue weighted by Crippen LogP contribution is 2.27. The summed E-state index contributed by atoms with van der Waals surface area (Å²) in [5, 5.41) is 0. The monoisotopic (exact) mass is 359 g/mol. The number of rotatable bonds is 5. The summed E-state index contributed by atoms with van der Waals surface area (Å²) in [6.07, 6.45) is 5.49. The molecule has 6 nitrogen and oxygen atoms in total. The number of likely N-dealkylation sites (N-methyl/N-ethyl adjacent to an activating group) is 1. The molecule has 2 aromatic rings. The quantitative estimate of drug-likeness (QED) is 0.819. The van der Waals surface area contributed by atoms with Gasteiger partial charge in [-0.2, -0.15) is 0 Å². The summed E-state index contributed by atoms with van der Waals surface area (Å²) in [5.74, 6) is -0.691. The van der Waals surface area contributed by atoms with Crippen molar-refractivity contribution in [2.75, 3.05) is 7.05 Å². The average Bonchev–Trinajstić information content (AvgIpc) is 3.14. The Morgan fingerprint density at radius 1 is 1.15 bits per heavy atom. The lowest BCUT2D eigenvalue weighted by Crippen LogP contribution is -2.44. The first-order valence-corrected chi connectivity index (χ1v) is 8.76. The highest BCUT2D eigenvalue weighted by atomic mass is 19.1. The lowest BCUT2D eigenvalue weighted by Gasteiger charge is -2.19. The summed E-state index contributed by atoms with van der Waals surface area (Å²) in [4.78, 5) is 38.6. The lowest BCUT2D eigenvalue weighted by molar-refractivity contribution is -0.131. The Balaban J connectivity index is 1.76. The molecule has 7 heteroatoms. The molecule has 1 heterocycles. The summed E-state index contributed by atoms with van der Waals surface area (Å²) in [7, 11) is 1.59. The van der Waals surface area contributed by atoms with Crippen LogP contribution in [0.25, 0.3) is 0 Å². The number of amides is 1. The predicted molar refractivity (Wildman–Crippen MR) is 95.3 cm³/mol. The van der Waals surface area contributed by atoms with E-state index >= 15 is 0 Å². The van der Waals surface area contributed by atoms with E-state index in [2.05, 4.69) is 0 Å². The standard InChI is InChI=1S/C19H22FN3O3/c1-21(12-14-6-8-15(20)9-7-14)18(25)13-23-17(24)10-11-22(19(23)26)16-4-2-3-5-16/h6-11,16H,2-5,12-13H2,1H3. The van der Waals surface area contributed by atoms with Gasteiger partial charge in [0, 0.05) is 31.9 Å². The van der Waals surface area contributed by atoms with Gasteiger partial charge >= 0.3 is 5.69 Å². The first-order chi connectivity index (χ1) is 12.5. The number of hydrogen-bond donors (Lipinski definition) is 0. The molecule has 0 spiro atoms. The molecule has 0 atom stereocenters. The van der Waals surface area contributed by atoms with Crippen LogP contribution in [0.4, 0.5) is 4.39 Å². The van der Waals surface area contributed by atoms with Crippen molar-refractivity contribution in [1.29, 1.82) is 0 Å². The number of carbonyl (C=O) groups is 1. The van der Waals surface area contributed by atoms with Crippen LogP contribution in [0.3, 0.4) is 0 Å². The maximum absolute atomic E-state index is 13.0. The molecule has 0 saturated heterocycles. The van der Waals surface area contributed by atoms with Crippen LogP contribution < -0.4 is 11.2 Å². The second kappa shape index (κ2) is 7.68. The predicted octanol–water partition coefficient (Wildman–Crippen LogP) is 1.92. The zero-order valence-electron chi connectivity index (χ0n) is 14.7. The Labute approximate surface area is 150 Å². The van der Waals surface area contributed by atoms with Crippen LogP contribution in [-0.2, 0) is 17.9 Å². The second-order valence-electron chi connectivity index (χ2n) is 6.74. The Bertz CT molecular complexity index is 895. The molecular weight excluding hydrogens is 337 g/mol. The van der Waals surface area contributed by atoms with Crippen LogP contribution in [-0.4, -0.2) is 27.0 Å². The molecule has 1 aromatic heterocycles. The van der Waals surface area contributed by atoms with Gasteiger partial charge in [0.2, 0.25) is 5.91 Å². The molecule has 1 aromatic carbocycles. The summed E-state index contributed by atoms with van der Waals surface area (Å²) in [6, 6.07) is 7.29. The van der Waals surface area contributed by atoms with Crippen molar-refractivity contribution in [2.45, 2.75) is 44.8 Å². The Morgan fingerprint density at radius 3 is 2.46 bits per heavy atom. The molecule has 0 aliphatic heterocycles. The fourth-order valence-corrected chi connectivity index (χ4v) is 3.35. The number of benzene rings is 1. The molecule has 138 valence electrons. The fraction of sp³-hybridized carbons (Fsp3) is 0.421. The third kappa shape index (κ3) is 3.92. The number of aromatic nitrogens is 2. The topological polar surface area (TPSA) is 64.3 Å². The van der Waals surface area contributed by atoms with Gasteiger partial charge in [-0.25, -0.2) is 9.18 Å². The average molecular weight is 359 g/mol. The minimum atomic E-state index is -0.479. The van der Waals surface area contributed by atoms with Gasteiger partial charge in [0.1, 0.15) is 12.4 Å². The van der Waals surface area contributed by atoms with Crippen molar-refractivity contribution in [3.8, 4) is 0 Å². The van der Waals surface area contributed by atoms with E-state index in [0.717, 1.165) is 35.8 Å². The van der Waals surface area contributed by atoms with Gasteiger partial charge in [0.25, 0.3) is 5.56 Å². The summed E-state index contributed by atoms with van der Waals surface area (Å²) in [6.45, 7) is -0.0273. The van der Waals surface area contributed by atoms with E-state index in [1.54, 1.807) is 23.7 Å². The molecule has 0 radical (unpaired) electrons. The van der Waals surface area contributed by atoms with Gasteiger partial charge in [-0.05, 0) is 30.5 Å². The number of carbonyl (C=O) groups excluding carboxylic acids is 1. The van der Waals surface area contributed by atoms with Crippen molar-refractivity contribution in [2.24, 2.45) is 0 Å². The Hall–Kier alpha value is -2.70. The Morgan fingerprint density at radius 2 is 1.81 bits per heavy atom. The number of hydrogen-bond acceptors (Lipinski definition) is 3. The van der Waals surface area contributed by atoms with Crippen molar-refractivity contribution in [3.63, 3.8) is 0 Å². The first-order valence-electron chi connectivity index (χ1n) is 8.76. The van der Waals surface area contributed by atoms with Crippen LogP contribution in [0.15, 0.2) is 46.1 Å². The summed E-state index contributed by atoms with van der Waals surface area (Å²) in [5.41, 5.74) is -0.147. The van der Waals surface area contributed by atoms with Crippen LogP contribution in [0, 0.1) is 5.82 Å². The normalized spacial score (nSPS) is 14.5. The van der Waals surface area contributed by atoms with E-state index in [1.165, 1.54) is 29.3 Å². The maximum Gasteiger partial charge on any atom is 0.331 e. The van der Waals surface area contributed by atoms with E-state index in [1.807, 2.05) is 0 Å².